The average molecular weight is 289 g/mol. The molecule has 116 valence electrons. The molecule has 0 saturated heterocycles. The molecule has 3 rings (SSSR count). The van der Waals surface area contributed by atoms with Crippen molar-refractivity contribution in [1.29, 1.82) is 0 Å². The van der Waals surface area contributed by atoms with Gasteiger partial charge in [-0.05, 0) is 37.2 Å². The van der Waals surface area contributed by atoms with Gasteiger partial charge in [-0.25, -0.2) is 0 Å². The predicted octanol–water partition coefficient (Wildman–Crippen LogP) is 2.83. The SMILES string of the molecule is OCC(CCOCCC1CC1)(NC1CC1)c1ccccc1. The van der Waals surface area contributed by atoms with Crippen molar-refractivity contribution in [3.63, 3.8) is 0 Å². The van der Waals surface area contributed by atoms with Crippen LogP contribution in [0.3, 0.4) is 0 Å². The molecule has 0 heterocycles. The third kappa shape index (κ3) is 4.29. The van der Waals surface area contributed by atoms with Crippen LogP contribution < -0.4 is 5.32 Å². The largest absolute Gasteiger partial charge is 0.394 e. The van der Waals surface area contributed by atoms with Crippen LogP contribution in [0.2, 0.25) is 0 Å². The monoisotopic (exact) mass is 289 g/mol. The zero-order chi connectivity index (χ0) is 14.5. The molecule has 2 N–H and O–H groups in total. The van der Waals surface area contributed by atoms with E-state index in [9.17, 15) is 5.11 Å². The highest BCUT2D eigenvalue weighted by Gasteiger charge is 2.37. The van der Waals surface area contributed by atoms with Gasteiger partial charge in [-0.3, -0.25) is 0 Å². The van der Waals surface area contributed by atoms with Gasteiger partial charge in [0.05, 0.1) is 12.1 Å². The van der Waals surface area contributed by atoms with Gasteiger partial charge in [-0.2, -0.15) is 0 Å². The summed E-state index contributed by atoms with van der Waals surface area (Å²) in [7, 11) is 0. The van der Waals surface area contributed by atoms with Gasteiger partial charge in [0.15, 0.2) is 0 Å². The molecule has 3 nitrogen and oxygen atoms in total. The van der Waals surface area contributed by atoms with E-state index < -0.39 is 0 Å². The highest BCUT2D eigenvalue weighted by Crippen LogP contribution is 2.33. The van der Waals surface area contributed by atoms with Crippen LogP contribution in [0, 0.1) is 5.92 Å². The van der Waals surface area contributed by atoms with E-state index in [2.05, 4.69) is 17.4 Å². The first kappa shape index (κ1) is 15.0. The maximum Gasteiger partial charge on any atom is 0.0693 e. The summed E-state index contributed by atoms with van der Waals surface area (Å²) in [5.41, 5.74) is 0.826. The molecule has 2 aliphatic rings. The molecule has 0 bridgehead atoms. The fourth-order valence-corrected chi connectivity index (χ4v) is 2.90. The zero-order valence-corrected chi connectivity index (χ0v) is 12.8. The minimum absolute atomic E-state index is 0.125. The Morgan fingerprint density at radius 1 is 1.10 bits per heavy atom. The highest BCUT2D eigenvalue weighted by atomic mass is 16.5. The molecule has 1 aromatic carbocycles. The van der Waals surface area contributed by atoms with Gasteiger partial charge in [-0.1, -0.05) is 43.2 Å². The summed E-state index contributed by atoms with van der Waals surface area (Å²) < 4.78 is 5.81. The van der Waals surface area contributed by atoms with E-state index in [1.165, 1.54) is 37.7 Å². The van der Waals surface area contributed by atoms with E-state index in [0.29, 0.717) is 12.6 Å². The number of aliphatic hydroxyl groups is 1. The van der Waals surface area contributed by atoms with Gasteiger partial charge in [0.2, 0.25) is 0 Å². The lowest BCUT2D eigenvalue weighted by Gasteiger charge is -2.34. The van der Waals surface area contributed by atoms with Crippen LogP contribution in [0.5, 0.6) is 0 Å². The molecule has 1 unspecified atom stereocenters. The molecule has 3 heteroatoms. The summed E-state index contributed by atoms with van der Waals surface area (Å²) in [6.45, 7) is 1.70. The van der Waals surface area contributed by atoms with Crippen molar-refractivity contribution in [2.45, 2.75) is 50.1 Å². The Hall–Kier alpha value is -0.900. The maximum atomic E-state index is 10.0. The Balaban J connectivity index is 1.57. The van der Waals surface area contributed by atoms with Crippen LogP contribution in [-0.2, 0) is 10.3 Å². The minimum atomic E-state index is -0.345. The summed E-state index contributed by atoms with van der Waals surface area (Å²) in [6, 6.07) is 10.9. The quantitative estimate of drug-likeness (QED) is 0.651. The zero-order valence-electron chi connectivity index (χ0n) is 12.8. The van der Waals surface area contributed by atoms with E-state index in [-0.39, 0.29) is 12.1 Å². The highest BCUT2D eigenvalue weighted by molar-refractivity contribution is 5.25. The number of nitrogens with one attached hydrogen (secondary N) is 1. The summed E-state index contributed by atoms with van der Waals surface area (Å²) in [5.74, 6) is 0.923. The van der Waals surface area contributed by atoms with E-state index in [1.54, 1.807) is 0 Å². The maximum absolute atomic E-state index is 10.0. The predicted molar refractivity (Wildman–Crippen MR) is 84.1 cm³/mol. The molecule has 0 radical (unpaired) electrons. The van der Waals surface area contributed by atoms with Crippen molar-refractivity contribution < 1.29 is 9.84 Å². The van der Waals surface area contributed by atoms with Crippen molar-refractivity contribution in [3.8, 4) is 0 Å². The summed E-state index contributed by atoms with van der Waals surface area (Å²) in [5, 5.41) is 13.7. The van der Waals surface area contributed by atoms with Crippen molar-refractivity contribution in [2.24, 2.45) is 5.92 Å². The molecule has 0 amide bonds. The first-order valence-corrected chi connectivity index (χ1v) is 8.34. The second-order valence-corrected chi connectivity index (χ2v) is 6.62. The number of ether oxygens (including phenoxy) is 1. The number of benzene rings is 1. The standard InChI is InChI=1S/C18H27NO2/c20-14-18(19-17-8-9-17,16-4-2-1-3-5-16)11-13-21-12-10-15-6-7-15/h1-5,15,17,19-20H,6-14H2. The smallest absolute Gasteiger partial charge is 0.0693 e. The Labute approximate surface area is 127 Å². The molecule has 2 fully saturated rings. The first-order valence-electron chi connectivity index (χ1n) is 8.34. The summed E-state index contributed by atoms with van der Waals surface area (Å²) in [4.78, 5) is 0. The molecule has 0 spiro atoms. The van der Waals surface area contributed by atoms with Gasteiger partial charge < -0.3 is 15.2 Å². The van der Waals surface area contributed by atoms with Crippen molar-refractivity contribution in [3.05, 3.63) is 35.9 Å². The van der Waals surface area contributed by atoms with Gasteiger partial charge in [-0.15, -0.1) is 0 Å². The Kier molecular flexibility index (Phi) is 4.94. The molecule has 1 aromatic rings. The topological polar surface area (TPSA) is 41.5 Å². The van der Waals surface area contributed by atoms with Crippen LogP contribution in [0.1, 0.15) is 44.1 Å². The molecule has 0 aromatic heterocycles. The van der Waals surface area contributed by atoms with Crippen molar-refractivity contribution in [2.75, 3.05) is 19.8 Å². The van der Waals surface area contributed by atoms with E-state index >= 15 is 0 Å². The summed E-state index contributed by atoms with van der Waals surface area (Å²) in [6.07, 6.45) is 7.24. The fraction of sp³-hybridized carbons (Fsp3) is 0.667. The molecule has 21 heavy (non-hydrogen) atoms. The minimum Gasteiger partial charge on any atom is -0.394 e. The van der Waals surface area contributed by atoms with Crippen molar-refractivity contribution >= 4 is 0 Å². The number of aliphatic hydroxyl groups excluding tert-OH is 1. The number of hydrogen-bond acceptors (Lipinski definition) is 3. The third-order valence-electron chi connectivity index (χ3n) is 4.69. The van der Waals surface area contributed by atoms with Gasteiger partial charge in [0.25, 0.3) is 0 Å². The molecular weight excluding hydrogens is 262 g/mol. The number of rotatable bonds is 10. The lowest BCUT2D eigenvalue weighted by Crippen LogP contribution is -2.47. The molecule has 0 aliphatic heterocycles. The normalized spacial score (nSPS) is 21.2. The number of hydrogen-bond donors (Lipinski definition) is 2. The van der Waals surface area contributed by atoms with E-state index in [4.69, 9.17) is 4.74 Å². The van der Waals surface area contributed by atoms with Crippen molar-refractivity contribution in [1.82, 2.24) is 5.32 Å². The van der Waals surface area contributed by atoms with Crippen LogP contribution >= 0.6 is 0 Å². The molecule has 2 aliphatic carbocycles. The molecular formula is C18H27NO2. The van der Waals surface area contributed by atoms with Gasteiger partial charge >= 0.3 is 0 Å². The van der Waals surface area contributed by atoms with Gasteiger partial charge in [0, 0.05) is 19.3 Å². The van der Waals surface area contributed by atoms with Gasteiger partial charge in [0.1, 0.15) is 0 Å². The lowest BCUT2D eigenvalue weighted by atomic mass is 9.87. The second kappa shape index (κ2) is 6.91. The van der Waals surface area contributed by atoms with Crippen LogP contribution in [0.4, 0.5) is 0 Å². The van der Waals surface area contributed by atoms with E-state index in [0.717, 1.165) is 18.9 Å². The molecule has 2 saturated carbocycles. The Morgan fingerprint density at radius 3 is 2.48 bits per heavy atom. The Morgan fingerprint density at radius 2 is 1.86 bits per heavy atom. The lowest BCUT2D eigenvalue weighted by molar-refractivity contribution is 0.0750. The average Bonchev–Trinajstić information content (AvgIpc) is 3.42. The second-order valence-electron chi connectivity index (χ2n) is 6.62. The fourth-order valence-electron chi connectivity index (χ4n) is 2.90. The first-order chi connectivity index (χ1) is 10.3. The van der Waals surface area contributed by atoms with Crippen LogP contribution in [0.25, 0.3) is 0 Å². The third-order valence-corrected chi connectivity index (χ3v) is 4.69. The van der Waals surface area contributed by atoms with Crippen LogP contribution in [0.15, 0.2) is 30.3 Å². The Bertz CT molecular complexity index is 428. The summed E-state index contributed by atoms with van der Waals surface area (Å²) >= 11 is 0. The van der Waals surface area contributed by atoms with Crippen LogP contribution in [-0.4, -0.2) is 31.0 Å². The molecule has 1 atom stereocenters. The van der Waals surface area contributed by atoms with E-state index in [1.807, 2.05) is 18.2 Å².